The van der Waals surface area contributed by atoms with Crippen LogP contribution in [-0.2, 0) is 6.42 Å². The lowest BCUT2D eigenvalue weighted by atomic mass is 10.0. The molecule has 0 aliphatic heterocycles. The summed E-state index contributed by atoms with van der Waals surface area (Å²) in [4.78, 5) is 12.4. The van der Waals surface area contributed by atoms with E-state index in [0.717, 1.165) is 35.4 Å². The van der Waals surface area contributed by atoms with Crippen molar-refractivity contribution < 1.29 is 4.79 Å². The minimum absolute atomic E-state index is 0.291. The van der Waals surface area contributed by atoms with E-state index >= 15 is 0 Å². The molecule has 0 radical (unpaired) electrons. The Labute approximate surface area is 151 Å². The van der Waals surface area contributed by atoms with Gasteiger partial charge in [-0.15, -0.1) is 0 Å². The zero-order valence-corrected chi connectivity index (χ0v) is 15.3. The maximum Gasteiger partial charge on any atom is 0.257 e. The van der Waals surface area contributed by atoms with Crippen LogP contribution in [0.2, 0.25) is 15.1 Å². The van der Waals surface area contributed by atoms with Crippen LogP contribution in [0, 0.1) is 6.92 Å². The van der Waals surface area contributed by atoms with E-state index in [2.05, 4.69) is 12.2 Å². The monoisotopic (exact) mass is 369 g/mol. The first-order valence-electron chi connectivity index (χ1n) is 7.47. The Balaban J connectivity index is 2.27. The highest BCUT2D eigenvalue weighted by Crippen LogP contribution is 2.28. The van der Waals surface area contributed by atoms with Crippen LogP contribution in [0.15, 0.2) is 30.3 Å². The van der Waals surface area contributed by atoms with E-state index in [-0.39, 0.29) is 5.91 Å². The van der Waals surface area contributed by atoms with Crippen LogP contribution in [0.3, 0.4) is 0 Å². The number of nitrogens with one attached hydrogen (secondary N) is 1. The summed E-state index contributed by atoms with van der Waals surface area (Å²) in [6.45, 7) is 4.06. The van der Waals surface area contributed by atoms with Gasteiger partial charge in [0.15, 0.2) is 0 Å². The number of hydrogen-bond donors (Lipinski definition) is 1. The Bertz CT molecular complexity index is 728. The predicted molar refractivity (Wildman–Crippen MR) is 99.2 cm³/mol. The molecule has 0 bridgehead atoms. The van der Waals surface area contributed by atoms with E-state index < -0.39 is 0 Å². The Hall–Kier alpha value is -1.22. The third kappa shape index (κ3) is 4.63. The largest absolute Gasteiger partial charge is 0.322 e. The SMILES string of the molecule is CCCCc1cc(NC(=O)c2cc(Cl)ccc2Cl)cc(C)c1Cl. The summed E-state index contributed by atoms with van der Waals surface area (Å²) in [5, 5.41) is 4.46. The number of amides is 1. The Morgan fingerprint density at radius 1 is 1.13 bits per heavy atom. The van der Waals surface area contributed by atoms with Crippen molar-refractivity contribution >= 4 is 46.4 Å². The first-order chi connectivity index (χ1) is 10.9. The van der Waals surface area contributed by atoms with E-state index in [9.17, 15) is 4.79 Å². The van der Waals surface area contributed by atoms with E-state index in [0.29, 0.717) is 21.3 Å². The molecule has 0 heterocycles. The highest BCUT2D eigenvalue weighted by molar-refractivity contribution is 6.36. The third-order valence-corrected chi connectivity index (χ3v) is 4.67. The van der Waals surface area contributed by atoms with E-state index in [4.69, 9.17) is 34.8 Å². The first kappa shape index (κ1) is 18.1. The van der Waals surface area contributed by atoms with Gasteiger partial charge < -0.3 is 5.32 Å². The highest BCUT2D eigenvalue weighted by Gasteiger charge is 2.13. The van der Waals surface area contributed by atoms with Crippen LogP contribution in [0.1, 0.15) is 41.3 Å². The summed E-state index contributed by atoms with van der Waals surface area (Å²) in [5.41, 5.74) is 3.04. The van der Waals surface area contributed by atoms with Crippen LogP contribution in [-0.4, -0.2) is 5.91 Å². The number of unbranched alkanes of at least 4 members (excludes halogenated alkanes) is 1. The van der Waals surface area contributed by atoms with Gasteiger partial charge in [0.05, 0.1) is 10.6 Å². The number of aryl methyl sites for hydroxylation is 2. The van der Waals surface area contributed by atoms with Crippen molar-refractivity contribution in [3.8, 4) is 0 Å². The average Bonchev–Trinajstić information content (AvgIpc) is 2.51. The molecule has 0 saturated carbocycles. The zero-order chi connectivity index (χ0) is 17.0. The van der Waals surface area contributed by atoms with Crippen LogP contribution < -0.4 is 5.32 Å². The van der Waals surface area contributed by atoms with Gasteiger partial charge in [0.2, 0.25) is 0 Å². The molecule has 2 rings (SSSR count). The van der Waals surface area contributed by atoms with Gasteiger partial charge in [-0.05, 0) is 61.2 Å². The normalized spacial score (nSPS) is 10.7. The van der Waals surface area contributed by atoms with Crippen LogP contribution >= 0.6 is 34.8 Å². The topological polar surface area (TPSA) is 29.1 Å². The van der Waals surface area contributed by atoms with Crippen molar-refractivity contribution in [1.82, 2.24) is 0 Å². The average molecular weight is 371 g/mol. The summed E-state index contributed by atoms with van der Waals surface area (Å²) < 4.78 is 0. The lowest BCUT2D eigenvalue weighted by molar-refractivity contribution is 0.102. The van der Waals surface area contributed by atoms with Crippen molar-refractivity contribution in [3.05, 3.63) is 62.1 Å². The fourth-order valence-electron chi connectivity index (χ4n) is 2.33. The number of hydrogen-bond acceptors (Lipinski definition) is 1. The van der Waals surface area contributed by atoms with Crippen molar-refractivity contribution in [2.24, 2.45) is 0 Å². The second-order valence-corrected chi connectivity index (χ2v) is 6.67. The maximum atomic E-state index is 12.4. The number of rotatable bonds is 5. The van der Waals surface area contributed by atoms with Crippen molar-refractivity contribution in [2.75, 3.05) is 5.32 Å². The summed E-state index contributed by atoms with van der Waals surface area (Å²) in [6, 6.07) is 8.59. The highest BCUT2D eigenvalue weighted by atomic mass is 35.5. The molecular weight excluding hydrogens is 353 g/mol. The van der Waals surface area contributed by atoms with Crippen LogP contribution in [0.5, 0.6) is 0 Å². The van der Waals surface area contributed by atoms with Crippen LogP contribution in [0.4, 0.5) is 5.69 Å². The van der Waals surface area contributed by atoms with Gasteiger partial charge in [0.1, 0.15) is 0 Å². The van der Waals surface area contributed by atoms with Crippen molar-refractivity contribution in [2.45, 2.75) is 33.1 Å². The number of halogens is 3. The fraction of sp³-hybridized carbons (Fsp3) is 0.278. The Kier molecular flexibility index (Phi) is 6.34. The number of carbonyl (C=O) groups is 1. The van der Waals surface area contributed by atoms with E-state index in [1.54, 1.807) is 18.2 Å². The smallest absolute Gasteiger partial charge is 0.257 e. The summed E-state index contributed by atoms with van der Waals surface area (Å²) >= 11 is 18.4. The summed E-state index contributed by atoms with van der Waals surface area (Å²) in [5.74, 6) is -0.291. The molecule has 0 saturated heterocycles. The second-order valence-electron chi connectivity index (χ2n) is 5.45. The van der Waals surface area contributed by atoms with Gasteiger partial charge in [-0.2, -0.15) is 0 Å². The molecule has 1 amide bonds. The lowest BCUT2D eigenvalue weighted by Gasteiger charge is -2.12. The standard InChI is InChI=1S/C18H18Cl3NO/c1-3-4-5-12-9-14(8-11(2)17(12)21)22-18(23)15-10-13(19)6-7-16(15)20/h6-10H,3-5H2,1-2H3,(H,22,23). The predicted octanol–water partition coefficient (Wildman–Crippen LogP) is 6.55. The Morgan fingerprint density at radius 3 is 2.57 bits per heavy atom. The molecule has 0 atom stereocenters. The quantitative estimate of drug-likeness (QED) is 0.635. The number of anilines is 1. The molecule has 23 heavy (non-hydrogen) atoms. The molecule has 0 fully saturated rings. The summed E-state index contributed by atoms with van der Waals surface area (Å²) in [7, 11) is 0. The minimum Gasteiger partial charge on any atom is -0.322 e. The van der Waals surface area contributed by atoms with E-state index in [1.807, 2.05) is 19.1 Å². The maximum absolute atomic E-state index is 12.4. The van der Waals surface area contributed by atoms with E-state index in [1.165, 1.54) is 0 Å². The fourth-order valence-corrected chi connectivity index (χ4v) is 2.91. The van der Waals surface area contributed by atoms with Gasteiger partial charge >= 0.3 is 0 Å². The van der Waals surface area contributed by atoms with Crippen molar-refractivity contribution in [3.63, 3.8) is 0 Å². The molecule has 2 aromatic rings. The molecule has 0 unspecified atom stereocenters. The molecule has 1 N–H and O–H groups in total. The number of carbonyl (C=O) groups excluding carboxylic acids is 1. The third-order valence-electron chi connectivity index (χ3n) is 3.56. The summed E-state index contributed by atoms with van der Waals surface area (Å²) in [6.07, 6.45) is 3.03. The molecular formula is C18H18Cl3NO. The van der Waals surface area contributed by atoms with Crippen LogP contribution in [0.25, 0.3) is 0 Å². The minimum atomic E-state index is -0.291. The molecule has 0 aliphatic rings. The molecule has 2 nitrogen and oxygen atoms in total. The second kappa shape index (κ2) is 8.05. The molecule has 122 valence electrons. The lowest BCUT2D eigenvalue weighted by Crippen LogP contribution is -2.13. The molecule has 2 aromatic carbocycles. The van der Waals surface area contributed by atoms with Gasteiger partial charge in [0.25, 0.3) is 5.91 Å². The molecule has 0 spiro atoms. The van der Waals surface area contributed by atoms with Gasteiger partial charge in [-0.3, -0.25) is 4.79 Å². The zero-order valence-electron chi connectivity index (χ0n) is 13.1. The van der Waals surface area contributed by atoms with Gasteiger partial charge in [-0.25, -0.2) is 0 Å². The number of benzene rings is 2. The molecule has 0 aliphatic carbocycles. The van der Waals surface area contributed by atoms with Gasteiger partial charge in [0, 0.05) is 15.7 Å². The molecule has 5 heteroatoms. The van der Waals surface area contributed by atoms with Crippen molar-refractivity contribution in [1.29, 1.82) is 0 Å². The first-order valence-corrected chi connectivity index (χ1v) is 8.61. The Morgan fingerprint density at radius 2 is 1.87 bits per heavy atom. The van der Waals surface area contributed by atoms with Gasteiger partial charge in [-0.1, -0.05) is 48.1 Å². The molecule has 0 aromatic heterocycles.